The molecule has 0 saturated carbocycles. The Morgan fingerprint density at radius 3 is 1.37 bits per heavy atom. The lowest BCUT2D eigenvalue weighted by Gasteiger charge is -2.48. The van der Waals surface area contributed by atoms with E-state index in [2.05, 4.69) is 10.0 Å². The van der Waals surface area contributed by atoms with Gasteiger partial charge in [-0.3, -0.25) is 33.6 Å². The predicted molar refractivity (Wildman–Crippen MR) is 142 cm³/mol. The molecule has 0 amide bonds. The minimum absolute atomic E-state index is 0.585. The quantitative estimate of drug-likeness (QED) is 0.0870. The van der Waals surface area contributed by atoms with Gasteiger partial charge in [0.2, 0.25) is 0 Å². The highest BCUT2D eigenvalue weighted by Crippen LogP contribution is 2.35. The number of ether oxygens (including phenoxy) is 10. The number of hydrogen-bond donors (Lipinski definition) is 0. The lowest BCUT2D eigenvalue weighted by atomic mass is 9.95. The number of nitrogens with zero attached hydrogens (tertiary/aromatic N) is 3. The second-order valence-corrected chi connectivity index (χ2v) is 9.89. The average molecular weight is 662 g/mol. The molecule has 0 bridgehead atoms. The van der Waals surface area contributed by atoms with Crippen LogP contribution in [0.4, 0.5) is 0 Å². The second kappa shape index (κ2) is 17.2. The molecule has 2 aliphatic heterocycles. The fraction of sp³-hybridized carbons (Fsp3) is 0.731. The molecular formula is C26H35N3O17. The number of carbonyl (C=O) groups is 7. The maximum atomic E-state index is 12.2. The van der Waals surface area contributed by atoms with Gasteiger partial charge >= 0.3 is 41.8 Å². The molecule has 0 aromatic rings. The standard InChI is InChI=1S/C26H35N3O17/c1-10(30)37-8-17-20(21(40-13(4)33)23(42-15(6)35)25(44-17)28-29-27)46-26-24(43-16(7)36)22(41-14(5)34)19(39-12(3)32)18(45-26)9-38-11(2)31/h17-26H,8-9H2,1-7H3/t17-,18-,19-,20-,21+,22+,23-,24-,25-,26+/m1/s1. The fourth-order valence-corrected chi connectivity index (χ4v) is 4.63. The van der Waals surface area contributed by atoms with Crippen molar-refractivity contribution in [3.63, 3.8) is 0 Å². The molecule has 2 saturated heterocycles. The first-order valence-corrected chi connectivity index (χ1v) is 13.7. The van der Waals surface area contributed by atoms with E-state index in [1.54, 1.807) is 0 Å². The van der Waals surface area contributed by atoms with Crippen LogP contribution < -0.4 is 0 Å². The van der Waals surface area contributed by atoms with E-state index in [9.17, 15) is 33.6 Å². The van der Waals surface area contributed by atoms with E-state index < -0.39 is 116 Å². The zero-order valence-corrected chi connectivity index (χ0v) is 26.0. The summed E-state index contributed by atoms with van der Waals surface area (Å²) in [4.78, 5) is 86.7. The Labute approximate surface area is 261 Å². The lowest BCUT2D eigenvalue weighted by Crippen LogP contribution is -2.67. The molecule has 20 heteroatoms. The third-order valence-corrected chi connectivity index (χ3v) is 6.07. The van der Waals surface area contributed by atoms with Crippen molar-refractivity contribution in [1.29, 1.82) is 0 Å². The normalized spacial score (nSPS) is 30.3. The summed E-state index contributed by atoms with van der Waals surface area (Å²) in [5, 5.41) is 3.46. The molecule has 20 nitrogen and oxygen atoms in total. The lowest BCUT2D eigenvalue weighted by molar-refractivity contribution is -0.344. The van der Waals surface area contributed by atoms with Crippen LogP contribution in [0, 0.1) is 0 Å². The van der Waals surface area contributed by atoms with Crippen molar-refractivity contribution in [3.05, 3.63) is 10.4 Å². The molecule has 10 atom stereocenters. The van der Waals surface area contributed by atoms with Crippen molar-refractivity contribution in [1.82, 2.24) is 0 Å². The Kier molecular flexibility index (Phi) is 14.1. The Morgan fingerprint density at radius 2 is 0.935 bits per heavy atom. The van der Waals surface area contributed by atoms with Gasteiger partial charge in [0.05, 0.1) is 0 Å². The summed E-state index contributed by atoms with van der Waals surface area (Å²) >= 11 is 0. The molecule has 0 aliphatic carbocycles. The Balaban J connectivity index is 2.73. The van der Waals surface area contributed by atoms with Crippen LogP contribution >= 0.6 is 0 Å². The summed E-state index contributed by atoms with van der Waals surface area (Å²) in [6, 6.07) is 0. The van der Waals surface area contributed by atoms with E-state index >= 15 is 0 Å². The Hall–Kier alpha value is -4.52. The summed E-state index contributed by atoms with van der Waals surface area (Å²) in [7, 11) is 0. The van der Waals surface area contributed by atoms with Crippen LogP contribution in [-0.4, -0.2) is 116 Å². The van der Waals surface area contributed by atoms with Crippen LogP contribution in [0.3, 0.4) is 0 Å². The van der Waals surface area contributed by atoms with Crippen LogP contribution in [0.25, 0.3) is 10.4 Å². The summed E-state index contributed by atoms with van der Waals surface area (Å²) < 4.78 is 54.8. The first-order valence-electron chi connectivity index (χ1n) is 13.7. The van der Waals surface area contributed by atoms with Gasteiger partial charge in [-0.25, -0.2) is 0 Å². The van der Waals surface area contributed by atoms with Crippen molar-refractivity contribution in [2.24, 2.45) is 5.11 Å². The van der Waals surface area contributed by atoms with E-state index in [1.807, 2.05) is 0 Å². The largest absolute Gasteiger partial charge is 0.463 e. The van der Waals surface area contributed by atoms with Crippen LogP contribution in [0.1, 0.15) is 48.5 Å². The Bertz CT molecular complexity index is 1220. The smallest absolute Gasteiger partial charge is 0.303 e. The molecular weight excluding hydrogens is 626 g/mol. The van der Waals surface area contributed by atoms with Crippen molar-refractivity contribution in [2.75, 3.05) is 13.2 Å². The molecule has 2 fully saturated rings. The second-order valence-electron chi connectivity index (χ2n) is 9.89. The molecule has 0 aromatic carbocycles. The van der Waals surface area contributed by atoms with Gasteiger partial charge in [0, 0.05) is 53.4 Å². The zero-order chi connectivity index (χ0) is 34.7. The SMILES string of the molecule is CC(=O)OC[C@H]1O[C@@H](N=[N+]=[N-])[C@H](OC(C)=O)[C@@H](OC(C)=O)[C@@H]1O[C@@H]1O[C@H](COC(C)=O)[C@@H](OC(C)=O)[C@H](OC(C)=O)[C@H]1OC(C)=O. The van der Waals surface area contributed by atoms with Gasteiger partial charge in [-0.05, 0) is 5.53 Å². The van der Waals surface area contributed by atoms with Crippen LogP contribution in [0.5, 0.6) is 0 Å². The van der Waals surface area contributed by atoms with Gasteiger partial charge in [0.1, 0.15) is 31.5 Å². The maximum absolute atomic E-state index is 12.2. The minimum atomic E-state index is -1.82. The summed E-state index contributed by atoms with van der Waals surface area (Å²) in [6.07, 6.45) is -16.1. The van der Waals surface area contributed by atoms with Crippen LogP contribution in [0.2, 0.25) is 0 Å². The number of esters is 7. The third kappa shape index (κ3) is 11.1. The van der Waals surface area contributed by atoms with E-state index in [0.717, 1.165) is 48.5 Å². The van der Waals surface area contributed by atoms with E-state index in [-0.39, 0.29) is 0 Å². The molecule has 0 radical (unpaired) electrons. The first kappa shape index (κ1) is 37.7. The van der Waals surface area contributed by atoms with Gasteiger partial charge in [0.15, 0.2) is 43.0 Å². The summed E-state index contributed by atoms with van der Waals surface area (Å²) in [5.41, 5.74) is 9.13. The van der Waals surface area contributed by atoms with E-state index in [1.165, 1.54) is 0 Å². The molecule has 0 aromatic heterocycles. The molecule has 256 valence electrons. The van der Waals surface area contributed by atoms with Gasteiger partial charge in [0.25, 0.3) is 0 Å². The monoisotopic (exact) mass is 661 g/mol. The van der Waals surface area contributed by atoms with Gasteiger partial charge < -0.3 is 47.4 Å². The molecule has 2 heterocycles. The zero-order valence-electron chi connectivity index (χ0n) is 26.0. The van der Waals surface area contributed by atoms with Crippen LogP contribution in [-0.2, 0) is 80.9 Å². The summed E-state index contributed by atoms with van der Waals surface area (Å²) in [6.45, 7) is 6.05. The molecule has 46 heavy (non-hydrogen) atoms. The van der Waals surface area contributed by atoms with Gasteiger partial charge in [-0.2, -0.15) is 0 Å². The first-order chi connectivity index (χ1) is 21.5. The number of rotatable bonds is 12. The van der Waals surface area contributed by atoms with Gasteiger partial charge in [-0.1, -0.05) is 5.11 Å². The Morgan fingerprint density at radius 1 is 0.543 bits per heavy atom. The summed E-state index contributed by atoms with van der Waals surface area (Å²) in [5.74, 6) is -6.10. The van der Waals surface area contributed by atoms with Crippen molar-refractivity contribution >= 4 is 41.8 Å². The highest BCUT2D eigenvalue weighted by Gasteiger charge is 2.57. The topological polar surface area (TPSA) is 261 Å². The number of azide groups is 1. The molecule has 2 aliphatic rings. The predicted octanol–water partition coefficient (Wildman–Crippen LogP) is -0.0836. The number of carbonyl (C=O) groups excluding carboxylic acids is 7. The molecule has 0 unspecified atom stereocenters. The van der Waals surface area contributed by atoms with Crippen molar-refractivity contribution in [3.8, 4) is 0 Å². The van der Waals surface area contributed by atoms with Gasteiger partial charge in [-0.15, -0.1) is 0 Å². The fourth-order valence-electron chi connectivity index (χ4n) is 4.63. The minimum Gasteiger partial charge on any atom is -0.463 e. The average Bonchev–Trinajstić information content (AvgIpc) is 2.91. The third-order valence-electron chi connectivity index (χ3n) is 6.07. The number of hydrogen-bond acceptors (Lipinski definition) is 18. The maximum Gasteiger partial charge on any atom is 0.303 e. The van der Waals surface area contributed by atoms with Crippen molar-refractivity contribution in [2.45, 2.75) is 110 Å². The molecule has 0 N–H and O–H groups in total. The van der Waals surface area contributed by atoms with E-state index in [0.29, 0.717) is 0 Å². The van der Waals surface area contributed by atoms with Crippen molar-refractivity contribution < 1.29 is 80.9 Å². The molecule has 0 spiro atoms. The molecule has 2 rings (SSSR count). The van der Waals surface area contributed by atoms with Crippen LogP contribution in [0.15, 0.2) is 5.11 Å². The highest BCUT2D eigenvalue weighted by atomic mass is 16.8. The van der Waals surface area contributed by atoms with E-state index in [4.69, 9.17) is 52.9 Å². The highest BCUT2D eigenvalue weighted by molar-refractivity contribution is 5.69.